The van der Waals surface area contributed by atoms with Crippen molar-refractivity contribution in [1.82, 2.24) is 4.90 Å². The molecular weight excluding hydrogens is 298 g/mol. The second-order valence-electron chi connectivity index (χ2n) is 7.28. The highest BCUT2D eigenvalue weighted by Crippen LogP contribution is 2.44. The van der Waals surface area contributed by atoms with E-state index in [1.807, 2.05) is 30.3 Å². The van der Waals surface area contributed by atoms with Gasteiger partial charge in [-0.25, -0.2) is 0 Å². The molecule has 3 nitrogen and oxygen atoms in total. The fourth-order valence-corrected chi connectivity index (χ4v) is 4.44. The van der Waals surface area contributed by atoms with Crippen molar-refractivity contribution in [3.63, 3.8) is 0 Å². The zero-order valence-electron chi connectivity index (χ0n) is 14.1. The van der Waals surface area contributed by atoms with Gasteiger partial charge in [0, 0.05) is 23.2 Å². The maximum atomic E-state index is 13.0. The maximum Gasteiger partial charge on any atom is 0.257 e. The molecular formula is C21H25NO2. The van der Waals surface area contributed by atoms with Gasteiger partial charge in [-0.2, -0.15) is 0 Å². The largest absolute Gasteiger partial charge is 0.363 e. The van der Waals surface area contributed by atoms with Crippen LogP contribution in [0.2, 0.25) is 0 Å². The number of carbonyl (C=O) groups excluding carboxylic acids is 1. The topological polar surface area (TPSA) is 40.5 Å². The van der Waals surface area contributed by atoms with Crippen molar-refractivity contribution in [1.29, 1.82) is 0 Å². The molecule has 0 saturated heterocycles. The molecule has 1 aromatic rings. The zero-order chi connectivity index (χ0) is 16.6. The molecule has 3 aliphatic rings. The SMILES string of the molecule is O=C1c2ccccc2C(O)(C2=CCCC=C2)N1CC1CCCCC1. The summed E-state index contributed by atoms with van der Waals surface area (Å²) in [5.41, 5.74) is 0.935. The van der Waals surface area contributed by atoms with E-state index >= 15 is 0 Å². The van der Waals surface area contributed by atoms with Crippen LogP contribution in [0.4, 0.5) is 0 Å². The lowest BCUT2D eigenvalue weighted by molar-refractivity contribution is -0.0587. The highest BCUT2D eigenvalue weighted by atomic mass is 16.3. The van der Waals surface area contributed by atoms with E-state index in [1.54, 1.807) is 4.90 Å². The molecule has 3 heteroatoms. The summed E-state index contributed by atoms with van der Waals surface area (Å²) in [6, 6.07) is 7.54. The first kappa shape index (κ1) is 15.6. The molecule has 1 amide bonds. The molecule has 1 aliphatic heterocycles. The number of benzene rings is 1. The molecule has 1 heterocycles. The Morgan fingerprint density at radius 2 is 1.92 bits per heavy atom. The number of carbonyl (C=O) groups is 1. The van der Waals surface area contributed by atoms with Crippen LogP contribution >= 0.6 is 0 Å². The summed E-state index contributed by atoms with van der Waals surface area (Å²) in [6.45, 7) is 0.648. The normalized spacial score (nSPS) is 27.3. The number of hydrogen-bond donors (Lipinski definition) is 1. The first-order valence-electron chi connectivity index (χ1n) is 9.22. The average Bonchev–Trinajstić information content (AvgIpc) is 2.87. The molecule has 126 valence electrons. The summed E-state index contributed by atoms with van der Waals surface area (Å²) in [4.78, 5) is 14.8. The van der Waals surface area contributed by atoms with Gasteiger partial charge in [-0.15, -0.1) is 0 Å². The second kappa shape index (κ2) is 6.21. The Labute approximate surface area is 143 Å². The quantitative estimate of drug-likeness (QED) is 0.908. The third kappa shape index (κ3) is 2.42. The Balaban J connectivity index is 1.74. The van der Waals surface area contributed by atoms with Gasteiger partial charge >= 0.3 is 0 Å². The molecule has 24 heavy (non-hydrogen) atoms. The number of fused-ring (bicyclic) bond motifs is 1. The van der Waals surface area contributed by atoms with Crippen molar-refractivity contribution in [2.75, 3.05) is 6.54 Å². The fraction of sp³-hybridized carbons (Fsp3) is 0.476. The van der Waals surface area contributed by atoms with E-state index in [-0.39, 0.29) is 5.91 Å². The van der Waals surface area contributed by atoms with Crippen LogP contribution in [0.1, 0.15) is 60.9 Å². The molecule has 0 bridgehead atoms. The van der Waals surface area contributed by atoms with Crippen molar-refractivity contribution >= 4 is 5.91 Å². The van der Waals surface area contributed by atoms with Gasteiger partial charge in [0.1, 0.15) is 0 Å². The van der Waals surface area contributed by atoms with Gasteiger partial charge < -0.3 is 10.0 Å². The van der Waals surface area contributed by atoms with Crippen molar-refractivity contribution in [2.45, 2.75) is 50.7 Å². The first-order chi connectivity index (χ1) is 11.7. The summed E-state index contributed by atoms with van der Waals surface area (Å²) in [6.07, 6.45) is 14.2. The average molecular weight is 323 g/mol. The molecule has 2 aliphatic carbocycles. The van der Waals surface area contributed by atoms with Gasteiger partial charge in [0.15, 0.2) is 5.72 Å². The third-order valence-corrected chi connectivity index (χ3v) is 5.73. The van der Waals surface area contributed by atoms with Gasteiger partial charge in [0.2, 0.25) is 0 Å². The van der Waals surface area contributed by atoms with Gasteiger partial charge in [-0.3, -0.25) is 4.79 Å². The monoisotopic (exact) mass is 323 g/mol. The zero-order valence-corrected chi connectivity index (χ0v) is 14.1. The van der Waals surface area contributed by atoms with Crippen LogP contribution in [-0.2, 0) is 5.72 Å². The number of nitrogens with zero attached hydrogens (tertiary/aromatic N) is 1. The second-order valence-corrected chi connectivity index (χ2v) is 7.28. The number of hydrogen-bond acceptors (Lipinski definition) is 2. The smallest absolute Gasteiger partial charge is 0.257 e. The van der Waals surface area contributed by atoms with E-state index in [1.165, 1.54) is 19.3 Å². The number of rotatable bonds is 3. The summed E-state index contributed by atoms with van der Waals surface area (Å²) in [5.74, 6) is 0.468. The minimum Gasteiger partial charge on any atom is -0.363 e. The Morgan fingerprint density at radius 3 is 2.67 bits per heavy atom. The van der Waals surface area contributed by atoms with E-state index in [4.69, 9.17) is 0 Å². The van der Waals surface area contributed by atoms with E-state index in [9.17, 15) is 9.90 Å². The van der Waals surface area contributed by atoms with Crippen molar-refractivity contribution in [2.24, 2.45) is 5.92 Å². The van der Waals surface area contributed by atoms with Crippen LogP contribution in [-0.4, -0.2) is 22.5 Å². The van der Waals surface area contributed by atoms with Gasteiger partial charge in [0.05, 0.1) is 0 Å². The van der Waals surface area contributed by atoms with Gasteiger partial charge in [-0.05, 0) is 37.7 Å². The summed E-state index contributed by atoms with van der Waals surface area (Å²) < 4.78 is 0. The molecule has 4 rings (SSSR count). The Morgan fingerprint density at radius 1 is 1.12 bits per heavy atom. The molecule has 0 radical (unpaired) electrons. The Hall–Kier alpha value is -1.87. The van der Waals surface area contributed by atoms with Crippen LogP contribution in [0, 0.1) is 5.92 Å². The lowest BCUT2D eigenvalue weighted by Gasteiger charge is -2.39. The first-order valence-corrected chi connectivity index (χ1v) is 9.22. The maximum absolute atomic E-state index is 13.0. The minimum atomic E-state index is -1.30. The minimum absolute atomic E-state index is 0.0291. The van der Waals surface area contributed by atoms with Gasteiger partial charge in [-0.1, -0.05) is 55.7 Å². The molecule has 1 aromatic carbocycles. The number of amides is 1. The predicted molar refractivity (Wildman–Crippen MR) is 94.4 cm³/mol. The molecule has 0 spiro atoms. The highest BCUT2D eigenvalue weighted by Gasteiger charge is 2.50. The van der Waals surface area contributed by atoms with Crippen LogP contribution in [0.3, 0.4) is 0 Å². The third-order valence-electron chi connectivity index (χ3n) is 5.73. The summed E-state index contributed by atoms with van der Waals surface area (Å²) in [5, 5.41) is 11.7. The standard InChI is InChI=1S/C21H25NO2/c23-20-18-13-7-8-14-19(18)21(24,17-11-5-2-6-12-17)22(20)15-16-9-3-1-4-10-16/h5,7-8,11-14,16,24H,1-4,6,9-10,15H2. The van der Waals surface area contributed by atoms with E-state index < -0.39 is 5.72 Å². The molecule has 1 fully saturated rings. The predicted octanol–water partition coefficient (Wildman–Crippen LogP) is 4.14. The summed E-state index contributed by atoms with van der Waals surface area (Å²) in [7, 11) is 0. The van der Waals surface area contributed by atoms with Crippen molar-refractivity contribution in [3.8, 4) is 0 Å². The van der Waals surface area contributed by atoms with Crippen LogP contribution in [0.25, 0.3) is 0 Å². The molecule has 0 aromatic heterocycles. The van der Waals surface area contributed by atoms with Gasteiger partial charge in [0.25, 0.3) is 5.91 Å². The molecule has 1 saturated carbocycles. The molecule has 1 atom stereocenters. The molecule has 1 unspecified atom stereocenters. The fourth-order valence-electron chi connectivity index (χ4n) is 4.44. The van der Waals surface area contributed by atoms with Crippen LogP contribution in [0.5, 0.6) is 0 Å². The Kier molecular flexibility index (Phi) is 4.05. The highest BCUT2D eigenvalue weighted by molar-refractivity contribution is 6.00. The number of allylic oxidation sites excluding steroid dienone is 2. The number of aliphatic hydroxyl groups is 1. The van der Waals surface area contributed by atoms with E-state index in [0.717, 1.165) is 36.8 Å². The van der Waals surface area contributed by atoms with Crippen molar-refractivity contribution < 1.29 is 9.90 Å². The van der Waals surface area contributed by atoms with E-state index in [2.05, 4.69) is 12.2 Å². The molecule has 1 N–H and O–H groups in total. The van der Waals surface area contributed by atoms with Crippen LogP contribution < -0.4 is 0 Å². The van der Waals surface area contributed by atoms with Crippen molar-refractivity contribution in [3.05, 3.63) is 59.2 Å². The van der Waals surface area contributed by atoms with E-state index in [0.29, 0.717) is 18.0 Å². The lowest BCUT2D eigenvalue weighted by Crippen LogP contribution is -2.47. The van der Waals surface area contributed by atoms with Crippen LogP contribution in [0.15, 0.2) is 48.1 Å². The Bertz CT molecular complexity index is 700. The summed E-state index contributed by atoms with van der Waals surface area (Å²) >= 11 is 0. The lowest BCUT2D eigenvalue weighted by atomic mass is 9.86.